The fourth-order valence-electron chi connectivity index (χ4n) is 3.49. The van der Waals surface area contributed by atoms with Crippen molar-refractivity contribution < 1.29 is 9.53 Å². The predicted molar refractivity (Wildman–Crippen MR) is 121 cm³/mol. The highest BCUT2D eigenvalue weighted by Gasteiger charge is 2.27. The number of pyridine rings is 1. The monoisotopic (exact) mass is 412 g/mol. The second-order valence-electron chi connectivity index (χ2n) is 7.39. The van der Waals surface area contributed by atoms with Crippen LogP contribution in [-0.4, -0.2) is 27.7 Å². The van der Waals surface area contributed by atoms with Crippen molar-refractivity contribution in [2.45, 2.75) is 13.0 Å². The molecule has 0 saturated carbocycles. The molecule has 31 heavy (non-hydrogen) atoms. The van der Waals surface area contributed by atoms with Gasteiger partial charge in [-0.3, -0.25) is 14.5 Å². The number of benzene rings is 2. The Labute approximate surface area is 181 Å². The maximum absolute atomic E-state index is 13.8. The summed E-state index contributed by atoms with van der Waals surface area (Å²) in [5.41, 5.74) is 4.88. The molecule has 4 rings (SSSR count). The van der Waals surface area contributed by atoms with Gasteiger partial charge in [0.15, 0.2) is 0 Å². The molecule has 1 atom stereocenters. The van der Waals surface area contributed by atoms with E-state index < -0.39 is 6.04 Å². The lowest BCUT2D eigenvalue weighted by molar-refractivity contribution is 0.0964. The van der Waals surface area contributed by atoms with E-state index in [0.717, 1.165) is 33.7 Å². The minimum Gasteiger partial charge on any atom is -0.497 e. The highest BCUT2D eigenvalue weighted by Crippen LogP contribution is 2.30. The van der Waals surface area contributed by atoms with Crippen LogP contribution in [0.1, 0.15) is 27.7 Å². The van der Waals surface area contributed by atoms with Crippen LogP contribution in [0.15, 0.2) is 79.3 Å². The average Bonchev–Trinajstić information content (AvgIpc) is 3.20. The first-order chi connectivity index (χ1) is 15.0. The zero-order chi connectivity index (χ0) is 21.8. The average molecular weight is 412 g/mol. The summed E-state index contributed by atoms with van der Waals surface area (Å²) in [5, 5.41) is 7.89. The Balaban J connectivity index is 1.77. The van der Waals surface area contributed by atoms with Gasteiger partial charge in [0.2, 0.25) is 5.78 Å². The van der Waals surface area contributed by atoms with Crippen LogP contribution in [0, 0.1) is 6.92 Å². The van der Waals surface area contributed by atoms with Crippen molar-refractivity contribution in [2.75, 3.05) is 12.4 Å². The molecule has 0 spiro atoms. The smallest absolute Gasteiger partial charge is 0.210 e. The highest BCUT2D eigenvalue weighted by atomic mass is 16.5. The predicted octanol–water partition coefficient (Wildman–Crippen LogP) is 4.84. The summed E-state index contributed by atoms with van der Waals surface area (Å²) in [6.07, 6.45) is 5.28. The molecule has 156 valence electrons. The Hall–Kier alpha value is -3.93. The quantitative estimate of drug-likeness (QED) is 0.440. The van der Waals surface area contributed by atoms with E-state index in [-0.39, 0.29) is 5.78 Å². The minimum absolute atomic E-state index is 0.112. The van der Waals surface area contributed by atoms with Crippen molar-refractivity contribution in [1.82, 2.24) is 14.8 Å². The van der Waals surface area contributed by atoms with Crippen molar-refractivity contribution in [3.8, 4) is 16.9 Å². The first-order valence-electron chi connectivity index (χ1n) is 10.0. The number of hydrogen-bond donors (Lipinski definition) is 1. The van der Waals surface area contributed by atoms with E-state index in [0.29, 0.717) is 5.69 Å². The number of aryl methyl sites for hydroxylation is 2. The number of ketones is 1. The Morgan fingerprint density at radius 3 is 2.52 bits per heavy atom. The molecule has 2 aromatic heterocycles. The Bertz CT molecular complexity index is 1180. The largest absolute Gasteiger partial charge is 0.497 e. The Morgan fingerprint density at radius 1 is 1.06 bits per heavy atom. The molecule has 2 heterocycles. The summed E-state index contributed by atoms with van der Waals surface area (Å²) >= 11 is 0. The zero-order valence-electron chi connectivity index (χ0n) is 17.7. The molecule has 6 heteroatoms. The van der Waals surface area contributed by atoms with Gasteiger partial charge in [0.05, 0.1) is 7.11 Å². The number of nitrogens with zero attached hydrogens (tertiary/aromatic N) is 3. The Morgan fingerprint density at radius 2 is 1.81 bits per heavy atom. The van der Waals surface area contributed by atoms with Crippen LogP contribution in [0.2, 0.25) is 0 Å². The first kappa shape index (κ1) is 20.3. The number of aromatic nitrogens is 3. The third kappa shape index (κ3) is 4.48. The second-order valence-corrected chi connectivity index (χ2v) is 7.39. The van der Waals surface area contributed by atoms with Gasteiger partial charge in [-0.1, -0.05) is 35.9 Å². The van der Waals surface area contributed by atoms with E-state index in [1.807, 2.05) is 80.8 Å². The zero-order valence-corrected chi connectivity index (χ0v) is 17.7. The van der Waals surface area contributed by atoms with Gasteiger partial charge in [0, 0.05) is 43.0 Å². The second kappa shape index (κ2) is 8.83. The van der Waals surface area contributed by atoms with E-state index in [9.17, 15) is 4.79 Å². The molecule has 0 amide bonds. The summed E-state index contributed by atoms with van der Waals surface area (Å²) in [6.45, 7) is 2.02. The van der Waals surface area contributed by atoms with Gasteiger partial charge in [-0.25, -0.2) is 0 Å². The lowest BCUT2D eigenvalue weighted by Gasteiger charge is -2.20. The molecule has 0 aliphatic carbocycles. The van der Waals surface area contributed by atoms with E-state index in [1.165, 1.54) is 0 Å². The molecule has 2 aromatic carbocycles. The fraction of sp³-hybridized carbons (Fsp3) is 0.160. The lowest BCUT2D eigenvalue weighted by atomic mass is 9.96. The van der Waals surface area contributed by atoms with Gasteiger partial charge in [-0.05, 0) is 42.3 Å². The minimum atomic E-state index is -0.608. The normalized spacial score (nSPS) is 11.7. The molecule has 1 N–H and O–H groups in total. The number of hydrogen-bond acceptors (Lipinski definition) is 5. The molecule has 0 bridgehead atoms. The SMILES string of the molecule is COc1cccc(NC(C(=O)c2nn(C)cc2-c2ccncc2)c2ccc(C)cc2)c1. The molecule has 0 aliphatic rings. The molecule has 6 nitrogen and oxygen atoms in total. The molecule has 0 fully saturated rings. The number of anilines is 1. The molecular weight excluding hydrogens is 388 g/mol. The third-order valence-corrected chi connectivity index (χ3v) is 5.11. The number of nitrogens with one attached hydrogen (secondary N) is 1. The van der Waals surface area contributed by atoms with Gasteiger partial charge >= 0.3 is 0 Å². The van der Waals surface area contributed by atoms with E-state index in [2.05, 4.69) is 15.4 Å². The van der Waals surface area contributed by atoms with E-state index >= 15 is 0 Å². The van der Waals surface area contributed by atoms with Crippen LogP contribution < -0.4 is 10.1 Å². The summed E-state index contributed by atoms with van der Waals surface area (Å²) in [7, 11) is 3.44. The van der Waals surface area contributed by atoms with Gasteiger partial charge in [0.25, 0.3) is 0 Å². The first-order valence-corrected chi connectivity index (χ1v) is 10.0. The van der Waals surface area contributed by atoms with Crippen molar-refractivity contribution in [3.05, 3.63) is 96.1 Å². The number of Topliss-reactive ketones (excluding diaryl/α,β-unsaturated/α-hetero) is 1. The topological polar surface area (TPSA) is 69.0 Å². The van der Waals surface area contributed by atoms with Crippen LogP contribution in [-0.2, 0) is 7.05 Å². The van der Waals surface area contributed by atoms with E-state index in [1.54, 1.807) is 24.2 Å². The van der Waals surface area contributed by atoms with Crippen molar-refractivity contribution in [2.24, 2.45) is 7.05 Å². The maximum atomic E-state index is 13.8. The van der Waals surface area contributed by atoms with Crippen LogP contribution >= 0.6 is 0 Å². The molecule has 0 saturated heterocycles. The summed E-state index contributed by atoms with van der Waals surface area (Å²) in [6, 6.07) is 18.7. The number of carbonyl (C=O) groups excluding carboxylic acids is 1. The molecular formula is C25H24N4O2. The maximum Gasteiger partial charge on any atom is 0.210 e. The van der Waals surface area contributed by atoms with Crippen LogP contribution in [0.4, 0.5) is 5.69 Å². The van der Waals surface area contributed by atoms with Gasteiger partial charge < -0.3 is 10.1 Å². The number of methoxy groups -OCH3 is 1. The number of rotatable bonds is 7. The third-order valence-electron chi connectivity index (χ3n) is 5.11. The van der Waals surface area contributed by atoms with Gasteiger partial charge in [0.1, 0.15) is 17.5 Å². The fourth-order valence-corrected chi connectivity index (χ4v) is 3.49. The molecule has 0 radical (unpaired) electrons. The number of carbonyl (C=O) groups is 1. The van der Waals surface area contributed by atoms with Crippen LogP contribution in [0.3, 0.4) is 0 Å². The molecule has 0 aliphatic heterocycles. The number of ether oxygens (including phenoxy) is 1. The summed E-state index contributed by atoms with van der Waals surface area (Å²) in [5.74, 6) is 0.606. The van der Waals surface area contributed by atoms with Gasteiger partial charge in [-0.15, -0.1) is 0 Å². The van der Waals surface area contributed by atoms with E-state index in [4.69, 9.17) is 4.74 Å². The standard InChI is InChI=1S/C25H24N4O2/c1-17-7-9-19(10-8-17)23(27-20-5-4-6-21(15-20)31-3)25(30)24-22(16-29(2)28-24)18-11-13-26-14-12-18/h4-16,23,27H,1-3H3. The van der Waals surface area contributed by atoms with Crippen LogP contribution in [0.5, 0.6) is 5.75 Å². The van der Waals surface area contributed by atoms with Crippen LogP contribution in [0.25, 0.3) is 11.1 Å². The molecule has 1 unspecified atom stereocenters. The summed E-state index contributed by atoms with van der Waals surface area (Å²) < 4.78 is 7.00. The molecule has 4 aromatic rings. The summed E-state index contributed by atoms with van der Waals surface area (Å²) in [4.78, 5) is 17.9. The lowest BCUT2D eigenvalue weighted by Crippen LogP contribution is -2.22. The van der Waals surface area contributed by atoms with Gasteiger partial charge in [-0.2, -0.15) is 5.10 Å². The van der Waals surface area contributed by atoms with Crippen molar-refractivity contribution in [1.29, 1.82) is 0 Å². The Kier molecular flexibility index (Phi) is 5.80. The highest BCUT2D eigenvalue weighted by molar-refractivity contribution is 6.05. The van der Waals surface area contributed by atoms with Crippen molar-refractivity contribution in [3.63, 3.8) is 0 Å². The van der Waals surface area contributed by atoms with Crippen molar-refractivity contribution >= 4 is 11.5 Å².